The number of anilines is 1. The van der Waals surface area contributed by atoms with Gasteiger partial charge in [-0.15, -0.1) is 0 Å². The first-order chi connectivity index (χ1) is 9.50. The Kier molecular flexibility index (Phi) is 3.27. The summed E-state index contributed by atoms with van der Waals surface area (Å²) in [5, 5.41) is 0. The summed E-state index contributed by atoms with van der Waals surface area (Å²) >= 11 is 0. The maximum absolute atomic E-state index is 12.7. The number of imidazole rings is 1. The molecule has 0 unspecified atom stereocenters. The second kappa shape index (κ2) is 4.57. The van der Waals surface area contributed by atoms with E-state index >= 15 is 0 Å². The minimum atomic E-state index is -4.93. The fourth-order valence-corrected chi connectivity index (χ4v) is 1.68. The second-order valence-corrected chi connectivity index (χ2v) is 4.18. The molecule has 1 aromatic heterocycles. The number of aromatic nitrogens is 2. The second-order valence-electron chi connectivity index (χ2n) is 4.18. The molecule has 0 fully saturated rings. The molecule has 1 aromatic carbocycles. The summed E-state index contributed by atoms with van der Waals surface area (Å²) in [5.74, 6) is 5.06. The SMILES string of the molecule is Nc1c(-c2cc(C(F)(F)F)cc(C(F)(F)F)c2)ncn1N. The van der Waals surface area contributed by atoms with Crippen LogP contribution in [0.4, 0.5) is 32.2 Å². The maximum Gasteiger partial charge on any atom is 0.416 e. The van der Waals surface area contributed by atoms with Gasteiger partial charge in [0.2, 0.25) is 0 Å². The third-order valence-corrected chi connectivity index (χ3v) is 2.69. The van der Waals surface area contributed by atoms with Gasteiger partial charge in [0.05, 0.1) is 11.1 Å². The first-order valence-corrected chi connectivity index (χ1v) is 5.38. The van der Waals surface area contributed by atoms with Crippen LogP contribution in [-0.4, -0.2) is 9.66 Å². The van der Waals surface area contributed by atoms with Gasteiger partial charge in [0, 0.05) is 5.56 Å². The molecule has 0 spiro atoms. The summed E-state index contributed by atoms with van der Waals surface area (Å²) in [4.78, 5) is 3.61. The normalized spacial score (nSPS) is 12.7. The van der Waals surface area contributed by atoms with Gasteiger partial charge in [-0.3, -0.25) is 0 Å². The molecule has 0 aliphatic carbocycles. The zero-order chi connectivity index (χ0) is 16.0. The summed E-state index contributed by atoms with van der Waals surface area (Å²) in [7, 11) is 0. The number of alkyl halides is 6. The minimum absolute atomic E-state index is 0.0269. The molecule has 0 saturated heterocycles. The van der Waals surface area contributed by atoms with Crippen LogP contribution in [-0.2, 0) is 12.4 Å². The van der Waals surface area contributed by atoms with Gasteiger partial charge in [-0.2, -0.15) is 26.3 Å². The van der Waals surface area contributed by atoms with Crippen LogP contribution < -0.4 is 11.6 Å². The lowest BCUT2D eigenvalue weighted by atomic mass is 10.0. The summed E-state index contributed by atoms with van der Waals surface area (Å²) in [6.45, 7) is 0. The largest absolute Gasteiger partial charge is 0.416 e. The van der Waals surface area contributed by atoms with Gasteiger partial charge < -0.3 is 11.6 Å². The Morgan fingerprint density at radius 3 is 1.71 bits per heavy atom. The van der Waals surface area contributed by atoms with Crippen LogP contribution >= 0.6 is 0 Å². The average Bonchev–Trinajstić information content (AvgIpc) is 2.67. The van der Waals surface area contributed by atoms with Gasteiger partial charge in [-0.25, -0.2) is 9.66 Å². The van der Waals surface area contributed by atoms with Crippen molar-refractivity contribution >= 4 is 5.82 Å². The average molecular weight is 310 g/mol. The van der Waals surface area contributed by atoms with Crippen molar-refractivity contribution < 1.29 is 26.3 Å². The van der Waals surface area contributed by atoms with E-state index in [0.717, 1.165) is 11.0 Å². The molecule has 0 aliphatic rings. The van der Waals surface area contributed by atoms with Crippen molar-refractivity contribution in [2.24, 2.45) is 0 Å². The van der Waals surface area contributed by atoms with E-state index in [-0.39, 0.29) is 17.6 Å². The Balaban J connectivity index is 2.69. The third kappa shape index (κ3) is 2.88. The predicted molar refractivity (Wildman–Crippen MR) is 62.2 cm³/mol. The first-order valence-electron chi connectivity index (χ1n) is 5.38. The number of nitrogens with two attached hydrogens (primary N) is 2. The molecule has 4 nitrogen and oxygen atoms in total. The highest BCUT2D eigenvalue weighted by Crippen LogP contribution is 2.39. The highest BCUT2D eigenvalue weighted by atomic mass is 19.4. The van der Waals surface area contributed by atoms with Gasteiger partial charge in [0.25, 0.3) is 0 Å². The maximum atomic E-state index is 12.7. The molecule has 0 saturated carbocycles. The number of hydrogen-bond acceptors (Lipinski definition) is 3. The standard InChI is InChI=1S/C11H8F6N4/c12-10(13,14)6-1-5(2-7(3-6)11(15,16)17)8-9(18)21(19)4-20-8/h1-4H,18-19H2. The molecule has 2 rings (SSSR count). The minimum Gasteiger partial charge on any atom is -0.382 e. The van der Waals surface area contributed by atoms with Crippen LogP contribution in [0.5, 0.6) is 0 Å². The number of nitrogens with zero attached hydrogens (tertiary/aromatic N) is 2. The quantitative estimate of drug-likeness (QED) is 0.628. The van der Waals surface area contributed by atoms with E-state index in [1.807, 2.05) is 0 Å². The molecular formula is C11H8F6N4. The summed E-state index contributed by atoms with van der Waals surface area (Å²) in [6.07, 6.45) is -8.88. The fraction of sp³-hybridized carbons (Fsp3) is 0.182. The fourth-order valence-electron chi connectivity index (χ4n) is 1.68. The van der Waals surface area contributed by atoms with Crippen molar-refractivity contribution in [1.29, 1.82) is 0 Å². The van der Waals surface area contributed by atoms with Crippen LogP contribution in [0.15, 0.2) is 24.5 Å². The van der Waals surface area contributed by atoms with E-state index in [4.69, 9.17) is 11.6 Å². The van der Waals surface area contributed by atoms with Crippen LogP contribution in [0.3, 0.4) is 0 Å². The van der Waals surface area contributed by atoms with Crippen molar-refractivity contribution in [3.05, 3.63) is 35.7 Å². The lowest BCUT2D eigenvalue weighted by molar-refractivity contribution is -0.143. The molecule has 0 atom stereocenters. The van der Waals surface area contributed by atoms with Crippen molar-refractivity contribution in [2.45, 2.75) is 12.4 Å². The molecule has 10 heteroatoms. The van der Waals surface area contributed by atoms with E-state index in [1.165, 1.54) is 0 Å². The van der Waals surface area contributed by atoms with Crippen LogP contribution in [0.2, 0.25) is 0 Å². The predicted octanol–water partition coefficient (Wildman–Crippen LogP) is 2.88. The molecule has 0 radical (unpaired) electrons. The smallest absolute Gasteiger partial charge is 0.382 e. The van der Waals surface area contributed by atoms with Crippen molar-refractivity contribution in [1.82, 2.24) is 9.66 Å². The number of hydrogen-bond donors (Lipinski definition) is 2. The van der Waals surface area contributed by atoms with Gasteiger partial charge in [0.15, 0.2) is 0 Å². The molecule has 0 amide bonds. The van der Waals surface area contributed by atoms with E-state index < -0.39 is 29.0 Å². The van der Waals surface area contributed by atoms with E-state index in [2.05, 4.69) is 4.98 Å². The van der Waals surface area contributed by atoms with Gasteiger partial charge >= 0.3 is 12.4 Å². The molecule has 0 bridgehead atoms. The summed E-state index contributed by atoms with van der Waals surface area (Å²) < 4.78 is 77.0. The molecule has 2 aromatic rings. The summed E-state index contributed by atoms with van der Waals surface area (Å²) in [6, 6.07) is 1.10. The van der Waals surface area contributed by atoms with Crippen LogP contribution in [0.25, 0.3) is 11.3 Å². The molecule has 21 heavy (non-hydrogen) atoms. The number of benzene rings is 1. The molecule has 0 aliphatic heterocycles. The van der Waals surface area contributed by atoms with Crippen LogP contribution in [0, 0.1) is 0 Å². The van der Waals surface area contributed by atoms with E-state index in [0.29, 0.717) is 12.1 Å². The van der Waals surface area contributed by atoms with E-state index in [9.17, 15) is 26.3 Å². The van der Waals surface area contributed by atoms with Gasteiger partial charge in [-0.05, 0) is 18.2 Å². The molecular weight excluding hydrogens is 302 g/mol. The van der Waals surface area contributed by atoms with Gasteiger partial charge in [-0.1, -0.05) is 0 Å². The zero-order valence-corrected chi connectivity index (χ0v) is 10.1. The monoisotopic (exact) mass is 310 g/mol. The lowest BCUT2D eigenvalue weighted by Crippen LogP contribution is -2.12. The van der Waals surface area contributed by atoms with E-state index in [1.54, 1.807) is 0 Å². The first kappa shape index (κ1) is 15.0. The number of rotatable bonds is 1. The molecule has 1 heterocycles. The molecule has 4 N–H and O–H groups in total. The highest BCUT2D eigenvalue weighted by molar-refractivity contribution is 5.71. The van der Waals surface area contributed by atoms with Crippen LogP contribution in [0.1, 0.15) is 11.1 Å². The zero-order valence-electron chi connectivity index (χ0n) is 10.1. The topological polar surface area (TPSA) is 69.9 Å². The Labute approximate surface area is 114 Å². The Bertz CT molecular complexity index is 638. The molecule has 114 valence electrons. The van der Waals surface area contributed by atoms with Crippen molar-refractivity contribution in [2.75, 3.05) is 11.6 Å². The third-order valence-electron chi connectivity index (χ3n) is 2.69. The lowest BCUT2D eigenvalue weighted by Gasteiger charge is -2.13. The van der Waals surface area contributed by atoms with Crippen molar-refractivity contribution in [3.63, 3.8) is 0 Å². The Hall–Kier alpha value is -2.39. The summed E-state index contributed by atoms with van der Waals surface area (Å²) in [5.41, 5.74) is 1.90. The number of nitrogen functional groups attached to an aromatic ring is 2. The Morgan fingerprint density at radius 1 is 0.905 bits per heavy atom. The van der Waals surface area contributed by atoms with Gasteiger partial charge in [0.1, 0.15) is 17.8 Å². The number of halogens is 6. The highest BCUT2D eigenvalue weighted by Gasteiger charge is 2.37. The van der Waals surface area contributed by atoms with Crippen molar-refractivity contribution in [3.8, 4) is 11.3 Å². The Morgan fingerprint density at radius 2 is 1.38 bits per heavy atom.